The lowest BCUT2D eigenvalue weighted by Crippen LogP contribution is -2.21. The van der Waals surface area contributed by atoms with Crippen LogP contribution in [-0.2, 0) is 12.8 Å². The molecule has 1 aromatic heterocycles. The molecule has 0 atom stereocenters. The van der Waals surface area contributed by atoms with Crippen LogP contribution in [0, 0.1) is 0 Å². The highest BCUT2D eigenvalue weighted by atomic mass is 16.1. The predicted molar refractivity (Wildman–Crippen MR) is 79.5 cm³/mol. The maximum Gasteiger partial charge on any atom is 0.265 e. The molecule has 20 heavy (non-hydrogen) atoms. The average molecular weight is 262 g/mol. The maximum atomic E-state index is 12.8. The Labute approximate surface area is 116 Å². The molecular formula is C17H14N2O. The Kier molecular flexibility index (Phi) is 2.30. The van der Waals surface area contributed by atoms with Crippen molar-refractivity contribution in [3.8, 4) is 5.69 Å². The van der Waals surface area contributed by atoms with E-state index < -0.39 is 0 Å². The summed E-state index contributed by atoms with van der Waals surface area (Å²) in [6.45, 7) is 2.12. The Morgan fingerprint density at radius 2 is 2.00 bits per heavy atom. The van der Waals surface area contributed by atoms with Gasteiger partial charge in [-0.2, -0.15) is 0 Å². The van der Waals surface area contributed by atoms with Crippen LogP contribution in [0.25, 0.3) is 16.6 Å². The molecule has 0 saturated carbocycles. The minimum Gasteiger partial charge on any atom is -0.268 e. The van der Waals surface area contributed by atoms with Gasteiger partial charge in [-0.1, -0.05) is 37.3 Å². The van der Waals surface area contributed by atoms with Gasteiger partial charge in [0.2, 0.25) is 0 Å². The zero-order valence-corrected chi connectivity index (χ0v) is 11.3. The van der Waals surface area contributed by atoms with E-state index in [0.29, 0.717) is 5.39 Å². The van der Waals surface area contributed by atoms with Crippen molar-refractivity contribution in [3.05, 3.63) is 69.8 Å². The van der Waals surface area contributed by atoms with Crippen molar-refractivity contribution in [1.29, 1.82) is 0 Å². The van der Waals surface area contributed by atoms with Crippen LogP contribution in [0.5, 0.6) is 0 Å². The number of nitrogens with zero attached hydrogens (tertiary/aromatic N) is 2. The second-order valence-electron chi connectivity index (χ2n) is 5.14. The summed E-state index contributed by atoms with van der Waals surface area (Å²) in [5, 5.41) is 0.690. The number of fused-ring (bicyclic) bond motifs is 4. The van der Waals surface area contributed by atoms with E-state index in [1.165, 1.54) is 11.1 Å². The first-order valence-corrected chi connectivity index (χ1v) is 6.91. The van der Waals surface area contributed by atoms with Gasteiger partial charge in [0, 0.05) is 6.42 Å². The second kappa shape index (κ2) is 4.04. The van der Waals surface area contributed by atoms with Gasteiger partial charge in [0.25, 0.3) is 5.56 Å². The van der Waals surface area contributed by atoms with E-state index in [2.05, 4.69) is 30.1 Å². The molecule has 0 amide bonds. The average Bonchev–Trinajstić information content (AvgIpc) is 2.85. The van der Waals surface area contributed by atoms with Crippen LogP contribution in [0.15, 0.2) is 47.3 Å². The fourth-order valence-corrected chi connectivity index (χ4v) is 3.06. The Hall–Kier alpha value is -2.42. The van der Waals surface area contributed by atoms with Crippen molar-refractivity contribution >= 4 is 10.9 Å². The summed E-state index contributed by atoms with van der Waals surface area (Å²) in [5.41, 5.74) is 4.29. The molecule has 3 nitrogen and oxygen atoms in total. The first-order valence-electron chi connectivity index (χ1n) is 6.91. The summed E-state index contributed by atoms with van der Waals surface area (Å²) >= 11 is 0. The van der Waals surface area contributed by atoms with Crippen molar-refractivity contribution in [3.63, 3.8) is 0 Å². The van der Waals surface area contributed by atoms with E-state index in [4.69, 9.17) is 0 Å². The first kappa shape index (κ1) is 11.4. The van der Waals surface area contributed by atoms with E-state index in [-0.39, 0.29) is 5.56 Å². The fourth-order valence-electron chi connectivity index (χ4n) is 3.06. The Balaban J connectivity index is 2.15. The second-order valence-corrected chi connectivity index (χ2v) is 5.14. The quantitative estimate of drug-likeness (QED) is 0.528. The normalized spacial score (nSPS) is 12.4. The molecule has 0 spiro atoms. The molecule has 3 heteroatoms. The number of aryl methyl sites for hydroxylation is 1. The Morgan fingerprint density at radius 1 is 1.15 bits per heavy atom. The van der Waals surface area contributed by atoms with Gasteiger partial charge in [-0.05, 0) is 29.7 Å². The topological polar surface area (TPSA) is 34.9 Å². The zero-order valence-electron chi connectivity index (χ0n) is 11.3. The Morgan fingerprint density at radius 3 is 2.85 bits per heavy atom. The van der Waals surface area contributed by atoms with Gasteiger partial charge in [-0.3, -0.25) is 9.36 Å². The summed E-state index contributed by atoms with van der Waals surface area (Å²) in [4.78, 5) is 17.4. The molecule has 0 bridgehead atoms. The number of para-hydroxylation sites is 2. The fraction of sp³-hybridized carbons (Fsp3) is 0.176. The number of hydrogen-bond donors (Lipinski definition) is 0. The number of aromatic nitrogens is 2. The summed E-state index contributed by atoms with van der Waals surface area (Å²) in [6.07, 6.45) is 1.66. The molecule has 0 fully saturated rings. The van der Waals surface area contributed by atoms with Crippen LogP contribution in [0.1, 0.15) is 23.9 Å². The van der Waals surface area contributed by atoms with Crippen LogP contribution in [-0.4, -0.2) is 9.55 Å². The predicted octanol–water partition coefficient (Wildman–Crippen LogP) is 2.85. The van der Waals surface area contributed by atoms with Crippen LogP contribution < -0.4 is 5.56 Å². The lowest BCUT2D eigenvalue weighted by molar-refractivity contribution is 0.903. The van der Waals surface area contributed by atoms with Gasteiger partial charge in [0.05, 0.1) is 16.6 Å². The van der Waals surface area contributed by atoms with Gasteiger partial charge in [-0.15, -0.1) is 0 Å². The van der Waals surface area contributed by atoms with Crippen molar-refractivity contribution in [2.45, 2.75) is 19.8 Å². The molecule has 1 aliphatic heterocycles. The van der Waals surface area contributed by atoms with Crippen molar-refractivity contribution in [1.82, 2.24) is 9.55 Å². The molecule has 0 aliphatic carbocycles. The molecule has 4 rings (SSSR count). The molecule has 0 N–H and O–H groups in total. The van der Waals surface area contributed by atoms with E-state index >= 15 is 0 Å². The molecular weight excluding hydrogens is 248 g/mol. The molecule has 2 aromatic carbocycles. The van der Waals surface area contributed by atoms with Crippen LogP contribution >= 0.6 is 0 Å². The van der Waals surface area contributed by atoms with Crippen molar-refractivity contribution in [2.24, 2.45) is 0 Å². The third-order valence-electron chi connectivity index (χ3n) is 4.00. The minimum absolute atomic E-state index is 0.0465. The van der Waals surface area contributed by atoms with E-state index in [9.17, 15) is 4.79 Å². The summed E-state index contributed by atoms with van der Waals surface area (Å²) in [6, 6.07) is 13.8. The largest absolute Gasteiger partial charge is 0.268 e. The monoisotopic (exact) mass is 262 g/mol. The molecule has 0 saturated heterocycles. The molecule has 2 heterocycles. The summed E-state index contributed by atoms with van der Waals surface area (Å²) in [5.74, 6) is 0.851. The van der Waals surface area contributed by atoms with Gasteiger partial charge >= 0.3 is 0 Å². The standard InChI is InChI=1S/C17H14N2O/c1-2-11-6-5-7-12-10-15-18-14-9-4-3-8-13(14)17(20)19(15)16(11)12/h3-9H,2,10H2,1H3. The smallest absolute Gasteiger partial charge is 0.265 e. The first-order chi connectivity index (χ1) is 9.79. The third kappa shape index (κ3) is 1.40. The summed E-state index contributed by atoms with van der Waals surface area (Å²) in [7, 11) is 0. The zero-order chi connectivity index (χ0) is 13.7. The van der Waals surface area contributed by atoms with Gasteiger partial charge in [0.15, 0.2) is 0 Å². The van der Waals surface area contributed by atoms with Gasteiger partial charge in [-0.25, -0.2) is 4.98 Å². The van der Waals surface area contributed by atoms with Gasteiger partial charge < -0.3 is 0 Å². The molecule has 0 radical (unpaired) electrons. The summed E-state index contributed by atoms with van der Waals surface area (Å²) < 4.78 is 1.80. The number of hydrogen-bond acceptors (Lipinski definition) is 2. The lowest BCUT2D eigenvalue weighted by Gasteiger charge is -2.10. The molecule has 0 unspecified atom stereocenters. The van der Waals surface area contributed by atoms with E-state index in [1.807, 2.05) is 24.3 Å². The van der Waals surface area contributed by atoms with E-state index in [1.54, 1.807) is 4.57 Å². The van der Waals surface area contributed by atoms with Crippen LogP contribution in [0.4, 0.5) is 0 Å². The number of benzene rings is 2. The highest BCUT2D eigenvalue weighted by molar-refractivity contribution is 5.78. The SMILES string of the molecule is CCc1cccc2c1-n1c(nc3ccccc3c1=O)C2. The highest BCUT2D eigenvalue weighted by Gasteiger charge is 2.23. The highest BCUT2D eigenvalue weighted by Crippen LogP contribution is 2.29. The van der Waals surface area contributed by atoms with Crippen molar-refractivity contribution < 1.29 is 0 Å². The molecule has 98 valence electrons. The van der Waals surface area contributed by atoms with E-state index in [0.717, 1.165) is 29.9 Å². The van der Waals surface area contributed by atoms with Gasteiger partial charge in [0.1, 0.15) is 5.82 Å². The van der Waals surface area contributed by atoms with Crippen LogP contribution in [0.3, 0.4) is 0 Å². The molecule has 1 aliphatic rings. The Bertz CT molecular complexity index is 893. The number of rotatable bonds is 1. The molecule has 3 aromatic rings. The van der Waals surface area contributed by atoms with Crippen LogP contribution in [0.2, 0.25) is 0 Å². The minimum atomic E-state index is 0.0465. The third-order valence-corrected chi connectivity index (χ3v) is 4.00. The lowest BCUT2D eigenvalue weighted by atomic mass is 10.1. The maximum absolute atomic E-state index is 12.8. The van der Waals surface area contributed by atoms with Crippen molar-refractivity contribution in [2.75, 3.05) is 0 Å².